The fourth-order valence-corrected chi connectivity index (χ4v) is 3.21. The van der Waals surface area contributed by atoms with E-state index in [1.807, 2.05) is 22.7 Å². The highest BCUT2D eigenvalue weighted by atomic mass is 19.4. The maximum Gasteiger partial charge on any atom is 0.419 e. The van der Waals surface area contributed by atoms with Gasteiger partial charge in [0.05, 0.1) is 5.56 Å². The predicted molar refractivity (Wildman–Crippen MR) is 96.1 cm³/mol. The Kier molecular flexibility index (Phi) is 5.50. The van der Waals surface area contributed by atoms with E-state index >= 15 is 0 Å². The highest BCUT2D eigenvalue weighted by Gasteiger charge is 2.32. The first-order valence-electron chi connectivity index (χ1n) is 8.77. The van der Waals surface area contributed by atoms with E-state index < -0.39 is 11.7 Å². The molecule has 1 aliphatic heterocycles. The third-order valence-corrected chi connectivity index (χ3v) is 4.97. The molecule has 9 heteroatoms. The number of hydrogen-bond acceptors (Lipinski definition) is 5. The van der Waals surface area contributed by atoms with Gasteiger partial charge in [0, 0.05) is 64.9 Å². The maximum atomic E-state index is 12.6. The Hall–Kier alpha value is -2.42. The van der Waals surface area contributed by atoms with Crippen molar-refractivity contribution in [2.24, 2.45) is 12.0 Å². The van der Waals surface area contributed by atoms with E-state index in [0.29, 0.717) is 19.0 Å². The molecule has 1 unspecified atom stereocenters. The highest BCUT2D eigenvalue weighted by molar-refractivity contribution is 5.31. The zero-order chi connectivity index (χ0) is 19.6. The average Bonchev–Trinajstić information content (AvgIpc) is 2.67. The van der Waals surface area contributed by atoms with Gasteiger partial charge < -0.3 is 9.47 Å². The van der Waals surface area contributed by atoms with Gasteiger partial charge in [-0.1, -0.05) is 0 Å². The zero-order valence-electron chi connectivity index (χ0n) is 15.6. The van der Waals surface area contributed by atoms with E-state index in [4.69, 9.17) is 0 Å². The first-order valence-corrected chi connectivity index (χ1v) is 8.77. The third kappa shape index (κ3) is 4.29. The SMILES string of the molecule is C/N=c1/cc(C(C)N2CCN(c3ncc(C(F)(F)F)cn3)CC2)ccn1C. The standard InChI is InChI=1S/C18H23F3N6/c1-13(14-4-5-25(3)16(10-14)22-2)26-6-8-27(9-7-26)17-23-11-15(12-24-17)18(19,20)21/h4-5,10-13H,6-9H2,1-3H3/b22-16-. The Labute approximate surface area is 156 Å². The molecule has 27 heavy (non-hydrogen) atoms. The number of rotatable bonds is 3. The van der Waals surface area contributed by atoms with E-state index in [2.05, 4.69) is 38.9 Å². The summed E-state index contributed by atoms with van der Waals surface area (Å²) in [6, 6.07) is 4.39. The largest absolute Gasteiger partial charge is 0.419 e. The summed E-state index contributed by atoms with van der Waals surface area (Å²) in [5.41, 5.74) is 1.27. The summed E-state index contributed by atoms with van der Waals surface area (Å²) in [6.07, 6.45) is -0.725. The Morgan fingerprint density at radius 2 is 1.74 bits per heavy atom. The topological polar surface area (TPSA) is 49.6 Å². The summed E-state index contributed by atoms with van der Waals surface area (Å²) in [5, 5.41) is 0. The number of aryl methyl sites for hydroxylation is 1. The molecule has 3 rings (SSSR count). The lowest BCUT2D eigenvalue weighted by molar-refractivity contribution is -0.138. The van der Waals surface area contributed by atoms with Gasteiger partial charge in [-0.15, -0.1) is 0 Å². The molecule has 2 aromatic rings. The highest BCUT2D eigenvalue weighted by Crippen LogP contribution is 2.28. The minimum atomic E-state index is -4.41. The van der Waals surface area contributed by atoms with Crippen LogP contribution >= 0.6 is 0 Å². The minimum Gasteiger partial charge on any atom is -0.338 e. The molecule has 1 atom stereocenters. The van der Waals surface area contributed by atoms with Crippen LogP contribution < -0.4 is 10.4 Å². The van der Waals surface area contributed by atoms with Crippen LogP contribution in [0.25, 0.3) is 0 Å². The van der Waals surface area contributed by atoms with E-state index in [-0.39, 0.29) is 6.04 Å². The molecule has 1 aliphatic rings. The number of aromatic nitrogens is 3. The monoisotopic (exact) mass is 380 g/mol. The molecule has 0 aliphatic carbocycles. The number of piperazine rings is 1. The van der Waals surface area contributed by atoms with Crippen LogP contribution in [-0.2, 0) is 13.2 Å². The van der Waals surface area contributed by atoms with Crippen molar-refractivity contribution >= 4 is 5.95 Å². The molecule has 0 bridgehead atoms. The molecule has 6 nitrogen and oxygen atoms in total. The Morgan fingerprint density at radius 1 is 1.11 bits per heavy atom. The molecule has 0 amide bonds. The molecule has 0 spiro atoms. The van der Waals surface area contributed by atoms with Crippen LogP contribution in [0.2, 0.25) is 0 Å². The number of alkyl halides is 3. The van der Waals surface area contributed by atoms with Gasteiger partial charge >= 0.3 is 6.18 Å². The van der Waals surface area contributed by atoms with Crippen LogP contribution in [0.15, 0.2) is 35.7 Å². The van der Waals surface area contributed by atoms with Crippen LogP contribution in [0, 0.1) is 0 Å². The molecule has 0 aromatic carbocycles. The van der Waals surface area contributed by atoms with Crippen LogP contribution in [0.4, 0.5) is 19.1 Å². The van der Waals surface area contributed by atoms with Crippen molar-refractivity contribution in [3.63, 3.8) is 0 Å². The first kappa shape index (κ1) is 19.3. The minimum absolute atomic E-state index is 0.224. The van der Waals surface area contributed by atoms with E-state index in [0.717, 1.165) is 31.0 Å². The summed E-state index contributed by atoms with van der Waals surface area (Å²) in [6.45, 7) is 5.05. The fraction of sp³-hybridized carbons (Fsp3) is 0.500. The fourth-order valence-electron chi connectivity index (χ4n) is 3.21. The van der Waals surface area contributed by atoms with E-state index in [1.165, 1.54) is 5.56 Å². The normalized spacial score (nSPS) is 18.0. The number of anilines is 1. The van der Waals surface area contributed by atoms with Gasteiger partial charge in [0.15, 0.2) is 0 Å². The molecule has 2 aromatic heterocycles. The van der Waals surface area contributed by atoms with E-state index in [9.17, 15) is 13.2 Å². The second-order valence-electron chi connectivity index (χ2n) is 6.62. The van der Waals surface area contributed by atoms with Gasteiger partial charge in [-0.2, -0.15) is 13.2 Å². The second-order valence-corrected chi connectivity index (χ2v) is 6.62. The molecule has 0 saturated carbocycles. The van der Waals surface area contributed by atoms with Gasteiger partial charge in [0.2, 0.25) is 5.95 Å². The summed E-state index contributed by atoms with van der Waals surface area (Å²) in [5.74, 6) is 0.342. The van der Waals surface area contributed by atoms with Crippen LogP contribution in [0.1, 0.15) is 24.1 Å². The van der Waals surface area contributed by atoms with Crippen molar-refractivity contribution in [3.8, 4) is 0 Å². The summed E-state index contributed by atoms with van der Waals surface area (Å²) >= 11 is 0. The van der Waals surface area contributed by atoms with Gasteiger partial charge in [0.1, 0.15) is 5.49 Å². The molecule has 3 heterocycles. The summed E-state index contributed by atoms with van der Waals surface area (Å²) < 4.78 is 39.9. The Morgan fingerprint density at radius 3 is 2.30 bits per heavy atom. The quantitative estimate of drug-likeness (QED) is 0.820. The smallest absolute Gasteiger partial charge is 0.338 e. The van der Waals surface area contributed by atoms with Gasteiger partial charge in [-0.05, 0) is 24.6 Å². The maximum absolute atomic E-state index is 12.6. The molecular weight excluding hydrogens is 357 g/mol. The van der Waals surface area contributed by atoms with Gasteiger partial charge in [-0.3, -0.25) is 9.89 Å². The lowest BCUT2D eigenvalue weighted by Gasteiger charge is -2.38. The third-order valence-electron chi connectivity index (χ3n) is 4.97. The van der Waals surface area contributed by atoms with Gasteiger partial charge in [-0.25, -0.2) is 9.97 Å². The first-order chi connectivity index (χ1) is 12.8. The van der Waals surface area contributed by atoms with Crippen molar-refractivity contribution in [3.05, 3.63) is 47.3 Å². The Balaban J connectivity index is 1.65. The molecular formula is C18H23F3N6. The molecule has 0 N–H and O–H groups in total. The van der Waals surface area contributed by atoms with E-state index in [1.54, 1.807) is 7.05 Å². The van der Waals surface area contributed by atoms with Crippen LogP contribution in [0.5, 0.6) is 0 Å². The second kappa shape index (κ2) is 7.67. The predicted octanol–water partition coefficient (Wildman–Crippen LogP) is 2.25. The van der Waals surface area contributed by atoms with Crippen molar-refractivity contribution < 1.29 is 13.2 Å². The Bertz CT molecular complexity index is 835. The average molecular weight is 380 g/mol. The lowest BCUT2D eigenvalue weighted by atomic mass is 10.1. The summed E-state index contributed by atoms with van der Waals surface area (Å²) in [7, 11) is 3.73. The molecule has 1 saturated heterocycles. The van der Waals surface area contributed by atoms with Crippen LogP contribution in [-0.4, -0.2) is 52.7 Å². The molecule has 1 fully saturated rings. The zero-order valence-corrected chi connectivity index (χ0v) is 15.6. The number of nitrogens with zero attached hydrogens (tertiary/aromatic N) is 6. The molecule has 146 valence electrons. The molecule has 0 radical (unpaired) electrons. The van der Waals surface area contributed by atoms with Gasteiger partial charge in [0.25, 0.3) is 0 Å². The van der Waals surface area contributed by atoms with Crippen LogP contribution in [0.3, 0.4) is 0 Å². The lowest BCUT2D eigenvalue weighted by Crippen LogP contribution is -2.47. The number of pyridine rings is 1. The van der Waals surface area contributed by atoms with Crippen molar-refractivity contribution in [1.29, 1.82) is 0 Å². The van der Waals surface area contributed by atoms with Crippen molar-refractivity contribution in [1.82, 2.24) is 19.4 Å². The number of hydrogen-bond donors (Lipinski definition) is 0. The van der Waals surface area contributed by atoms with Crippen molar-refractivity contribution in [2.75, 3.05) is 38.1 Å². The number of halogens is 3. The summed E-state index contributed by atoms with van der Waals surface area (Å²) in [4.78, 5) is 16.3. The van der Waals surface area contributed by atoms with Crippen molar-refractivity contribution in [2.45, 2.75) is 19.1 Å².